The molecule has 0 saturated carbocycles. The lowest BCUT2D eigenvalue weighted by atomic mass is 10.1. The number of hydrogen-bond acceptors (Lipinski definition) is 4. The van der Waals surface area contributed by atoms with Crippen LogP contribution in [0.3, 0.4) is 0 Å². The molecule has 7 heteroatoms. The largest absolute Gasteiger partial charge is 0.441 e. The Morgan fingerprint density at radius 1 is 1.03 bits per heavy atom. The van der Waals surface area contributed by atoms with Crippen LogP contribution in [0.5, 0.6) is 0 Å². The number of hydrogen-bond donors (Lipinski definition) is 3. The highest BCUT2D eigenvalue weighted by molar-refractivity contribution is 5.92. The van der Waals surface area contributed by atoms with Crippen molar-refractivity contribution in [2.75, 3.05) is 17.2 Å². The second-order valence-corrected chi connectivity index (χ2v) is 6.73. The number of urea groups is 1. The minimum Gasteiger partial charge on any atom is -0.441 e. The van der Waals surface area contributed by atoms with Crippen molar-refractivity contribution in [2.24, 2.45) is 0 Å². The Hall–Kier alpha value is -3.87. The molecule has 0 saturated heterocycles. The summed E-state index contributed by atoms with van der Waals surface area (Å²) in [6.45, 7) is 5.95. The third-order valence-corrected chi connectivity index (χ3v) is 4.29. The lowest BCUT2D eigenvalue weighted by Crippen LogP contribution is -2.28. The number of carbonyl (C=O) groups excluding carboxylic acids is 2. The lowest BCUT2D eigenvalue weighted by molar-refractivity contribution is -0.116. The average Bonchev–Trinajstić information content (AvgIpc) is 3.22. The van der Waals surface area contributed by atoms with Crippen LogP contribution in [0.15, 0.2) is 71.8 Å². The maximum atomic E-state index is 12.2. The summed E-state index contributed by atoms with van der Waals surface area (Å²) in [7, 11) is 0. The molecule has 30 heavy (non-hydrogen) atoms. The van der Waals surface area contributed by atoms with Crippen LogP contribution < -0.4 is 16.0 Å². The molecule has 0 radical (unpaired) electrons. The summed E-state index contributed by atoms with van der Waals surface area (Å²) >= 11 is 0. The Morgan fingerprint density at radius 2 is 1.70 bits per heavy atom. The van der Waals surface area contributed by atoms with Crippen molar-refractivity contribution in [3.05, 3.63) is 78.8 Å². The van der Waals surface area contributed by atoms with Crippen LogP contribution in [0, 0.1) is 6.92 Å². The number of benzene rings is 2. The van der Waals surface area contributed by atoms with Crippen molar-refractivity contribution < 1.29 is 14.0 Å². The molecule has 0 atom stereocenters. The van der Waals surface area contributed by atoms with Crippen molar-refractivity contribution in [2.45, 2.75) is 19.8 Å². The molecule has 3 N–H and O–H groups in total. The van der Waals surface area contributed by atoms with E-state index in [-0.39, 0.29) is 18.4 Å². The van der Waals surface area contributed by atoms with E-state index in [0.29, 0.717) is 36.0 Å². The van der Waals surface area contributed by atoms with Gasteiger partial charge in [0.1, 0.15) is 0 Å². The number of aromatic nitrogens is 1. The molecular formula is C23H24N4O3. The van der Waals surface area contributed by atoms with Crippen molar-refractivity contribution in [3.63, 3.8) is 0 Å². The van der Waals surface area contributed by atoms with Gasteiger partial charge in [0.05, 0.1) is 6.20 Å². The quantitative estimate of drug-likeness (QED) is 0.481. The summed E-state index contributed by atoms with van der Waals surface area (Å²) in [5, 5.41) is 8.14. The van der Waals surface area contributed by atoms with E-state index in [4.69, 9.17) is 4.42 Å². The maximum Gasteiger partial charge on any atom is 0.319 e. The molecule has 1 heterocycles. The van der Waals surface area contributed by atoms with Gasteiger partial charge in [0.15, 0.2) is 11.7 Å². The highest BCUT2D eigenvalue weighted by atomic mass is 16.4. The molecule has 0 aliphatic carbocycles. The summed E-state index contributed by atoms with van der Waals surface area (Å²) in [5.74, 6) is 1.06. The third kappa shape index (κ3) is 6.07. The normalized spacial score (nSPS) is 10.3. The number of anilines is 2. The van der Waals surface area contributed by atoms with E-state index in [2.05, 4.69) is 27.5 Å². The predicted molar refractivity (Wildman–Crippen MR) is 117 cm³/mol. The van der Waals surface area contributed by atoms with E-state index in [1.54, 1.807) is 36.5 Å². The molecular weight excluding hydrogens is 380 g/mol. The number of aryl methyl sites for hydroxylation is 2. The van der Waals surface area contributed by atoms with Crippen molar-refractivity contribution in [1.82, 2.24) is 10.3 Å². The van der Waals surface area contributed by atoms with Gasteiger partial charge in [-0.25, -0.2) is 9.78 Å². The van der Waals surface area contributed by atoms with Gasteiger partial charge in [-0.1, -0.05) is 35.9 Å². The summed E-state index contributed by atoms with van der Waals surface area (Å²) < 4.78 is 5.75. The smallest absolute Gasteiger partial charge is 0.319 e. The van der Waals surface area contributed by atoms with Crippen LogP contribution in [-0.2, 0) is 11.2 Å². The molecule has 154 valence electrons. The Morgan fingerprint density at radius 3 is 2.37 bits per heavy atom. The third-order valence-electron chi connectivity index (χ3n) is 4.29. The number of nitrogens with one attached hydrogen (secondary N) is 3. The minimum atomic E-state index is -0.317. The minimum absolute atomic E-state index is 0.144. The van der Waals surface area contributed by atoms with Gasteiger partial charge in [-0.15, -0.1) is 6.58 Å². The van der Waals surface area contributed by atoms with E-state index in [9.17, 15) is 9.59 Å². The number of nitrogens with zero attached hydrogens (tertiary/aromatic N) is 1. The highest BCUT2D eigenvalue weighted by Gasteiger charge is 2.09. The molecule has 0 fully saturated rings. The first-order chi connectivity index (χ1) is 14.5. The molecule has 3 aromatic rings. The van der Waals surface area contributed by atoms with Gasteiger partial charge in [0.2, 0.25) is 5.91 Å². The zero-order valence-corrected chi connectivity index (χ0v) is 16.8. The maximum absolute atomic E-state index is 12.2. The first kappa shape index (κ1) is 20.9. The fourth-order valence-electron chi connectivity index (χ4n) is 2.70. The standard InChI is InChI=1S/C23H24N4O3/c1-3-14-24-23(29)27-19-10-8-18(9-11-19)26-21(28)12-13-22-25-15-20(30-22)17-6-4-16(2)5-7-17/h3-11,15H,1,12-14H2,2H3,(H,26,28)(H2,24,27,29). The number of oxazole rings is 1. The van der Waals surface area contributed by atoms with Gasteiger partial charge >= 0.3 is 6.03 Å². The van der Waals surface area contributed by atoms with Crippen LogP contribution in [0.4, 0.5) is 16.2 Å². The Kier molecular flexibility index (Phi) is 7.00. The van der Waals surface area contributed by atoms with Crippen LogP contribution in [0.25, 0.3) is 11.3 Å². The van der Waals surface area contributed by atoms with Gasteiger partial charge in [0, 0.05) is 36.3 Å². The first-order valence-corrected chi connectivity index (χ1v) is 9.61. The second-order valence-electron chi connectivity index (χ2n) is 6.73. The fraction of sp³-hybridized carbons (Fsp3) is 0.174. The van der Waals surface area contributed by atoms with Crippen molar-refractivity contribution in [3.8, 4) is 11.3 Å². The van der Waals surface area contributed by atoms with Crippen molar-refractivity contribution in [1.29, 1.82) is 0 Å². The topological polar surface area (TPSA) is 96.3 Å². The van der Waals surface area contributed by atoms with Crippen LogP contribution in [0.2, 0.25) is 0 Å². The molecule has 0 unspecified atom stereocenters. The Bertz CT molecular complexity index is 1010. The second kappa shape index (κ2) is 10.1. The van der Waals surface area contributed by atoms with E-state index >= 15 is 0 Å². The van der Waals surface area contributed by atoms with Gasteiger partial charge in [-0.05, 0) is 31.2 Å². The predicted octanol–water partition coefficient (Wildman–Crippen LogP) is 4.53. The average molecular weight is 404 g/mol. The molecule has 0 aliphatic heterocycles. The molecule has 7 nitrogen and oxygen atoms in total. The zero-order valence-electron chi connectivity index (χ0n) is 16.8. The number of carbonyl (C=O) groups is 2. The SMILES string of the molecule is C=CCNC(=O)Nc1ccc(NC(=O)CCc2ncc(-c3ccc(C)cc3)o2)cc1. The van der Waals surface area contributed by atoms with Gasteiger partial charge in [-0.3, -0.25) is 4.79 Å². The van der Waals surface area contributed by atoms with Gasteiger partial charge in [0.25, 0.3) is 0 Å². The molecule has 0 aliphatic rings. The van der Waals surface area contributed by atoms with Crippen LogP contribution in [-0.4, -0.2) is 23.5 Å². The molecule has 3 rings (SSSR count). The summed E-state index contributed by atoms with van der Waals surface area (Å²) in [6, 6.07) is 14.5. The van der Waals surface area contributed by atoms with E-state index in [0.717, 1.165) is 5.56 Å². The zero-order chi connectivity index (χ0) is 21.3. The van der Waals surface area contributed by atoms with E-state index < -0.39 is 0 Å². The monoisotopic (exact) mass is 404 g/mol. The Labute approximate surface area is 175 Å². The molecule has 2 aromatic carbocycles. The van der Waals surface area contributed by atoms with Gasteiger partial charge in [-0.2, -0.15) is 0 Å². The fourth-order valence-corrected chi connectivity index (χ4v) is 2.70. The summed E-state index contributed by atoms with van der Waals surface area (Å²) in [6.07, 6.45) is 3.92. The van der Waals surface area contributed by atoms with Crippen molar-refractivity contribution >= 4 is 23.3 Å². The Balaban J connectivity index is 1.47. The summed E-state index contributed by atoms with van der Waals surface area (Å²) in [4.78, 5) is 28.1. The number of rotatable bonds is 8. The molecule has 3 amide bonds. The summed E-state index contributed by atoms with van der Waals surface area (Å²) in [5.41, 5.74) is 3.40. The number of amides is 3. The van der Waals surface area contributed by atoms with E-state index in [1.807, 2.05) is 31.2 Å². The lowest BCUT2D eigenvalue weighted by Gasteiger charge is -2.08. The van der Waals surface area contributed by atoms with Crippen LogP contribution >= 0.6 is 0 Å². The highest BCUT2D eigenvalue weighted by Crippen LogP contribution is 2.21. The molecule has 1 aromatic heterocycles. The molecule has 0 spiro atoms. The molecule has 0 bridgehead atoms. The van der Waals surface area contributed by atoms with Gasteiger partial charge < -0.3 is 20.4 Å². The van der Waals surface area contributed by atoms with E-state index in [1.165, 1.54) is 5.56 Å². The first-order valence-electron chi connectivity index (χ1n) is 9.61. The van der Waals surface area contributed by atoms with Crippen LogP contribution in [0.1, 0.15) is 17.9 Å².